The first-order valence-corrected chi connectivity index (χ1v) is 6.05. The number of methoxy groups -OCH3 is 1. The first-order valence-electron chi connectivity index (χ1n) is 6.05. The number of hydrogen-bond acceptors (Lipinski definition) is 4. The van der Waals surface area contributed by atoms with Gasteiger partial charge in [-0.15, -0.1) is 0 Å². The van der Waals surface area contributed by atoms with Crippen molar-refractivity contribution in [3.05, 3.63) is 30.1 Å². The molecule has 4 heteroatoms. The van der Waals surface area contributed by atoms with Gasteiger partial charge in [0.25, 0.3) is 0 Å². The fourth-order valence-corrected chi connectivity index (χ4v) is 2.02. The number of nitrogens with two attached hydrogens (primary N) is 1. The van der Waals surface area contributed by atoms with Gasteiger partial charge < -0.3 is 10.5 Å². The molecule has 0 fully saturated rings. The minimum absolute atomic E-state index is 0.230. The molecule has 1 aromatic rings. The van der Waals surface area contributed by atoms with E-state index < -0.39 is 0 Å². The summed E-state index contributed by atoms with van der Waals surface area (Å²) in [6.07, 6.45) is 3.62. The molecule has 0 saturated carbocycles. The summed E-state index contributed by atoms with van der Waals surface area (Å²) < 4.78 is 5.16. The maximum absolute atomic E-state index is 5.91. The fraction of sp³-hybridized carbons (Fsp3) is 0.615. The quantitative estimate of drug-likeness (QED) is 0.779. The molecular formula is C13H23N3O. The largest absolute Gasteiger partial charge is 0.383 e. The second-order valence-electron chi connectivity index (χ2n) is 4.36. The Balaban J connectivity index is 2.81. The highest BCUT2D eigenvalue weighted by Gasteiger charge is 2.21. The molecule has 0 aliphatic rings. The highest BCUT2D eigenvalue weighted by atomic mass is 16.5. The molecule has 1 aromatic heterocycles. The molecule has 0 aliphatic heterocycles. The van der Waals surface area contributed by atoms with Crippen LogP contribution in [-0.4, -0.2) is 42.7 Å². The van der Waals surface area contributed by atoms with Crippen molar-refractivity contribution < 1.29 is 4.74 Å². The molecule has 0 aliphatic carbocycles. The van der Waals surface area contributed by atoms with Crippen LogP contribution < -0.4 is 5.73 Å². The molecule has 96 valence electrons. The van der Waals surface area contributed by atoms with Crippen LogP contribution in [0.3, 0.4) is 0 Å². The zero-order chi connectivity index (χ0) is 12.7. The monoisotopic (exact) mass is 237 g/mol. The molecule has 0 radical (unpaired) electrons. The molecule has 17 heavy (non-hydrogen) atoms. The van der Waals surface area contributed by atoms with Crippen LogP contribution >= 0.6 is 0 Å². The van der Waals surface area contributed by atoms with Crippen LogP contribution in [0.4, 0.5) is 0 Å². The highest BCUT2D eigenvalue weighted by Crippen LogP contribution is 2.20. The van der Waals surface area contributed by atoms with Gasteiger partial charge in [-0.05, 0) is 31.5 Å². The Morgan fingerprint density at radius 1 is 1.35 bits per heavy atom. The van der Waals surface area contributed by atoms with Gasteiger partial charge >= 0.3 is 0 Å². The minimum Gasteiger partial charge on any atom is -0.383 e. The summed E-state index contributed by atoms with van der Waals surface area (Å²) in [5, 5.41) is 0. The Morgan fingerprint density at radius 2 is 2.00 bits per heavy atom. The summed E-state index contributed by atoms with van der Waals surface area (Å²) in [4.78, 5) is 6.40. The molecule has 0 spiro atoms. The topological polar surface area (TPSA) is 51.4 Å². The van der Waals surface area contributed by atoms with E-state index in [1.807, 2.05) is 24.5 Å². The third kappa shape index (κ3) is 4.07. The van der Waals surface area contributed by atoms with Crippen LogP contribution in [0.5, 0.6) is 0 Å². The molecule has 0 bridgehead atoms. The van der Waals surface area contributed by atoms with Gasteiger partial charge in [0.1, 0.15) is 0 Å². The van der Waals surface area contributed by atoms with E-state index in [-0.39, 0.29) is 6.04 Å². The number of hydrogen-bond donors (Lipinski definition) is 1. The number of pyridine rings is 1. The van der Waals surface area contributed by atoms with Gasteiger partial charge in [-0.2, -0.15) is 0 Å². The van der Waals surface area contributed by atoms with Gasteiger partial charge in [0.15, 0.2) is 0 Å². The van der Waals surface area contributed by atoms with Crippen LogP contribution in [0.15, 0.2) is 24.5 Å². The van der Waals surface area contributed by atoms with Crippen molar-refractivity contribution in [3.63, 3.8) is 0 Å². The molecule has 4 nitrogen and oxygen atoms in total. The van der Waals surface area contributed by atoms with Crippen molar-refractivity contribution in [1.29, 1.82) is 0 Å². The zero-order valence-electron chi connectivity index (χ0n) is 11.0. The summed E-state index contributed by atoms with van der Waals surface area (Å²) in [6.45, 7) is 6.57. The molecule has 1 unspecified atom stereocenters. The Kier molecular flexibility index (Phi) is 6.11. The number of aromatic nitrogens is 1. The van der Waals surface area contributed by atoms with Gasteiger partial charge in [-0.25, -0.2) is 0 Å². The third-order valence-corrected chi connectivity index (χ3v) is 2.93. The normalized spacial score (nSPS) is 13.3. The standard InChI is InChI=1S/C13H23N3O/c1-11(2)16(8-9-17-3)13(10-14)12-4-6-15-7-5-12/h4-7,11,13H,8-10,14H2,1-3H3. The lowest BCUT2D eigenvalue weighted by molar-refractivity contribution is 0.0979. The Bertz CT molecular complexity index is 303. The summed E-state index contributed by atoms with van der Waals surface area (Å²) >= 11 is 0. The van der Waals surface area contributed by atoms with Crippen LogP contribution in [0.1, 0.15) is 25.5 Å². The van der Waals surface area contributed by atoms with E-state index in [4.69, 9.17) is 10.5 Å². The molecule has 0 amide bonds. The summed E-state index contributed by atoms with van der Waals surface area (Å²) in [7, 11) is 1.72. The molecular weight excluding hydrogens is 214 g/mol. The van der Waals surface area contributed by atoms with Crippen molar-refractivity contribution >= 4 is 0 Å². The minimum atomic E-state index is 0.230. The maximum atomic E-state index is 5.91. The van der Waals surface area contributed by atoms with Gasteiger partial charge in [0.2, 0.25) is 0 Å². The summed E-state index contributed by atoms with van der Waals surface area (Å²) in [5.74, 6) is 0. The lowest BCUT2D eigenvalue weighted by atomic mass is 10.1. The molecule has 1 atom stereocenters. The van der Waals surface area contributed by atoms with Gasteiger partial charge in [0, 0.05) is 44.7 Å². The van der Waals surface area contributed by atoms with E-state index in [1.54, 1.807) is 7.11 Å². The first kappa shape index (κ1) is 14.1. The number of nitrogens with zero attached hydrogens (tertiary/aromatic N) is 2. The van der Waals surface area contributed by atoms with Crippen molar-refractivity contribution in [2.75, 3.05) is 26.8 Å². The average molecular weight is 237 g/mol. The Hall–Kier alpha value is -0.970. The van der Waals surface area contributed by atoms with E-state index >= 15 is 0 Å². The van der Waals surface area contributed by atoms with E-state index in [2.05, 4.69) is 23.7 Å². The highest BCUT2D eigenvalue weighted by molar-refractivity contribution is 5.15. The molecule has 1 heterocycles. The van der Waals surface area contributed by atoms with E-state index in [0.717, 1.165) is 13.2 Å². The van der Waals surface area contributed by atoms with E-state index in [1.165, 1.54) is 5.56 Å². The Morgan fingerprint density at radius 3 is 2.47 bits per heavy atom. The molecule has 1 rings (SSSR count). The van der Waals surface area contributed by atoms with Gasteiger partial charge in [0.05, 0.1) is 6.61 Å². The summed E-state index contributed by atoms with van der Waals surface area (Å²) in [5.41, 5.74) is 7.13. The van der Waals surface area contributed by atoms with Gasteiger partial charge in [-0.1, -0.05) is 0 Å². The van der Waals surface area contributed by atoms with Crippen LogP contribution in [0, 0.1) is 0 Å². The first-order chi connectivity index (χ1) is 8.20. The van der Waals surface area contributed by atoms with Crippen molar-refractivity contribution in [1.82, 2.24) is 9.88 Å². The lowest BCUT2D eigenvalue weighted by Gasteiger charge is -2.34. The molecule has 0 aromatic carbocycles. The van der Waals surface area contributed by atoms with Crippen LogP contribution in [0.25, 0.3) is 0 Å². The SMILES string of the molecule is COCCN(C(C)C)C(CN)c1ccncc1. The second-order valence-corrected chi connectivity index (χ2v) is 4.36. The predicted molar refractivity (Wildman–Crippen MR) is 69.8 cm³/mol. The fourth-order valence-electron chi connectivity index (χ4n) is 2.02. The smallest absolute Gasteiger partial charge is 0.0590 e. The van der Waals surface area contributed by atoms with Crippen molar-refractivity contribution in [2.45, 2.75) is 25.9 Å². The molecule has 0 saturated heterocycles. The molecule has 2 N–H and O–H groups in total. The maximum Gasteiger partial charge on any atom is 0.0590 e. The third-order valence-electron chi connectivity index (χ3n) is 2.93. The van der Waals surface area contributed by atoms with Gasteiger partial charge in [-0.3, -0.25) is 9.88 Å². The van der Waals surface area contributed by atoms with Crippen molar-refractivity contribution in [3.8, 4) is 0 Å². The van der Waals surface area contributed by atoms with Crippen LogP contribution in [-0.2, 0) is 4.74 Å². The lowest BCUT2D eigenvalue weighted by Crippen LogP contribution is -2.40. The number of ether oxygens (including phenoxy) is 1. The van der Waals surface area contributed by atoms with E-state index in [9.17, 15) is 0 Å². The van der Waals surface area contributed by atoms with Crippen molar-refractivity contribution in [2.24, 2.45) is 5.73 Å². The predicted octanol–water partition coefficient (Wildman–Crippen LogP) is 1.44. The Labute approximate surface area is 104 Å². The average Bonchev–Trinajstić information content (AvgIpc) is 2.35. The zero-order valence-corrected chi connectivity index (χ0v) is 11.0. The summed E-state index contributed by atoms with van der Waals surface area (Å²) in [6, 6.07) is 4.72. The second kappa shape index (κ2) is 7.37. The van der Waals surface area contributed by atoms with E-state index in [0.29, 0.717) is 12.6 Å². The van der Waals surface area contributed by atoms with Crippen LogP contribution in [0.2, 0.25) is 0 Å². The number of rotatable bonds is 7.